The third kappa shape index (κ3) is 3.29. The van der Waals surface area contributed by atoms with Gasteiger partial charge in [-0.1, -0.05) is 15.9 Å². The number of benzene rings is 1. The van der Waals surface area contributed by atoms with Crippen molar-refractivity contribution >= 4 is 37.4 Å². The first-order valence-electron chi connectivity index (χ1n) is 5.23. The molecule has 92 valence electrons. The molecule has 6 heteroatoms. The second-order valence-corrected chi connectivity index (χ2v) is 7.24. The molecule has 0 radical (unpaired) electrons. The number of rotatable bonds is 2. The van der Waals surface area contributed by atoms with Gasteiger partial charge in [0.1, 0.15) is 0 Å². The van der Waals surface area contributed by atoms with E-state index in [-0.39, 0.29) is 17.4 Å². The first-order valence-corrected chi connectivity index (χ1v) is 7.84. The van der Waals surface area contributed by atoms with Crippen LogP contribution in [0.15, 0.2) is 28.7 Å². The highest BCUT2D eigenvalue weighted by Gasteiger charge is 2.32. The van der Waals surface area contributed by atoms with E-state index in [1.807, 2.05) is 12.1 Å². The van der Waals surface area contributed by atoms with Crippen LogP contribution in [0, 0.1) is 5.92 Å². The number of halogens is 1. The highest BCUT2D eigenvalue weighted by molar-refractivity contribution is 9.10. The lowest BCUT2D eigenvalue weighted by atomic mass is 10.1. The van der Waals surface area contributed by atoms with Crippen LogP contribution >= 0.6 is 15.9 Å². The summed E-state index contributed by atoms with van der Waals surface area (Å²) in [6.45, 7) is 0. The Balaban J connectivity index is 2.01. The Bertz CT molecular complexity index is 524. The second-order valence-electron chi connectivity index (χ2n) is 4.10. The van der Waals surface area contributed by atoms with E-state index in [0.29, 0.717) is 12.1 Å². The van der Waals surface area contributed by atoms with E-state index in [9.17, 15) is 13.2 Å². The zero-order valence-electron chi connectivity index (χ0n) is 9.02. The number of carbonyl (C=O) groups excluding carboxylic acids is 1. The molecule has 0 aliphatic carbocycles. The van der Waals surface area contributed by atoms with Gasteiger partial charge in [-0.15, -0.1) is 0 Å². The van der Waals surface area contributed by atoms with E-state index in [4.69, 9.17) is 0 Å². The minimum atomic E-state index is -3.01. The van der Waals surface area contributed by atoms with Crippen LogP contribution in [0.3, 0.4) is 0 Å². The molecule has 1 aromatic carbocycles. The van der Waals surface area contributed by atoms with Crippen molar-refractivity contribution in [2.24, 2.45) is 5.92 Å². The molecule has 1 N–H and O–H groups in total. The van der Waals surface area contributed by atoms with Crippen molar-refractivity contribution in [1.29, 1.82) is 0 Å². The van der Waals surface area contributed by atoms with Crippen LogP contribution in [0.4, 0.5) is 5.69 Å². The van der Waals surface area contributed by atoms with Crippen molar-refractivity contribution < 1.29 is 13.2 Å². The second kappa shape index (κ2) is 4.78. The highest BCUT2D eigenvalue weighted by Crippen LogP contribution is 2.21. The molecule has 17 heavy (non-hydrogen) atoms. The molecule has 0 spiro atoms. The molecule has 1 amide bonds. The summed E-state index contributed by atoms with van der Waals surface area (Å²) in [6, 6.07) is 7.18. The van der Waals surface area contributed by atoms with Gasteiger partial charge in [-0.25, -0.2) is 8.42 Å². The minimum absolute atomic E-state index is 0.0324. The SMILES string of the molecule is O=C(Nc1ccc(Br)cc1)[C@@H]1CCS(=O)(=O)C1. The van der Waals surface area contributed by atoms with Crippen molar-refractivity contribution in [3.63, 3.8) is 0 Å². The summed E-state index contributed by atoms with van der Waals surface area (Å²) in [7, 11) is -3.01. The third-order valence-corrected chi connectivity index (χ3v) is 5.01. The van der Waals surface area contributed by atoms with Crippen LogP contribution in [-0.4, -0.2) is 25.8 Å². The normalized spacial score (nSPS) is 22.3. The van der Waals surface area contributed by atoms with Gasteiger partial charge in [0.15, 0.2) is 9.84 Å². The van der Waals surface area contributed by atoms with Crippen molar-refractivity contribution in [3.05, 3.63) is 28.7 Å². The Kier molecular flexibility index (Phi) is 3.53. The Hall–Kier alpha value is -0.880. The fourth-order valence-corrected chi connectivity index (χ4v) is 3.79. The molecular formula is C11H12BrNO3S. The smallest absolute Gasteiger partial charge is 0.228 e. The van der Waals surface area contributed by atoms with Crippen molar-refractivity contribution in [2.75, 3.05) is 16.8 Å². The molecular weight excluding hydrogens is 306 g/mol. The Labute approximate surface area is 108 Å². The van der Waals surface area contributed by atoms with Crippen LogP contribution in [0.5, 0.6) is 0 Å². The monoisotopic (exact) mass is 317 g/mol. The maximum Gasteiger partial charge on any atom is 0.228 e. The van der Waals surface area contributed by atoms with Gasteiger partial charge in [-0.2, -0.15) is 0 Å². The molecule has 1 saturated heterocycles. The highest BCUT2D eigenvalue weighted by atomic mass is 79.9. The van der Waals surface area contributed by atoms with E-state index in [0.717, 1.165) is 4.47 Å². The van der Waals surface area contributed by atoms with E-state index in [1.165, 1.54) is 0 Å². The van der Waals surface area contributed by atoms with E-state index in [2.05, 4.69) is 21.2 Å². The number of anilines is 1. The Morgan fingerprint density at radius 1 is 1.29 bits per heavy atom. The standard InChI is InChI=1S/C11H12BrNO3S/c12-9-1-3-10(4-2-9)13-11(14)8-5-6-17(15,16)7-8/h1-4,8H,5-7H2,(H,13,14)/t8-/m1/s1. The maximum atomic E-state index is 11.8. The van der Waals surface area contributed by atoms with Gasteiger partial charge in [0.05, 0.1) is 17.4 Å². The summed E-state index contributed by atoms with van der Waals surface area (Å²) in [5.41, 5.74) is 0.683. The number of hydrogen-bond donors (Lipinski definition) is 1. The zero-order chi connectivity index (χ0) is 12.5. The van der Waals surface area contributed by atoms with Crippen LogP contribution in [0.25, 0.3) is 0 Å². The average Bonchev–Trinajstić information content (AvgIpc) is 2.62. The van der Waals surface area contributed by atoms with Crippen molar-refractivity contribution in [1.82, 2.24) is 0 Å². The average molecular weight is 318 g/mol. The fraction of sp³-hybridized carbons (Fsp3) is 0.364. The van der Waals surface area contributed by atoms with E-state index >= 15 is 0 Å². The van der Waals surface area contributed by atoms with Crippen LogP contribution in [0.2, 0.25) is 0 Å². The quantitative estimate of drug-likeness (QED) is 0.905. The van der Waals surface area contributed by atoms with Gasteiger partial charge in [0.25, 0.3) is 0 Å². The summed E-state index contributed by atoms with van der Waals surface area (Å²) in [5, 5.41) is 2.72. The van der Waals surface area contributed by atoms with E-state index in [1.54, 1.807) is 12.1 Å². The lowest BCUT2D eigenvalue weighted by molar-refractivity contribution is -0.119. The number of nitrogens with one attached hydrogen (secondary N) is 1. The lowest BCUT2D eigenvalue weighted by Gasteiger charge is -2.09. The van der Waals surface area contributed by atoms with Crippen LogP contribution < -0.4 is 5.32 Å². The van der Waals surface area contributed by atoms with Gasteiger partial charge in [0.2, 0.25) is 5.91 Å². The molecule has 0 aromatic heterocycles. The largest absolute Gasteiger partial charge is 0.326 e. The van der Waals surface area contributed by atoms with E-state index < -0.39 is 15.8 Å². The van der Waals surface area contributed by atoms with Crippen LogP contribution in [0.1, 0.15) is 6.42 Å². The predicted molar refractivity (Wildman–Crippen MR) is 69.5 cm³/mol. The Morgan fingerprint density at radius 3 is 2.47 bits per heavy atom. The Morgan fingerprint density at radius 2 is 1.94 bits per heavy atom. The molecule has 0 bridgehead atoms. The number of carbonyl (C=O) groups is 1. The lowest BCUT2D eigenvalue weighted by Crippen LogP contribution is -2.23. The maximum absolute atomic E-state index is 11.8. The first-order chi connectivity index (χ1) is 7.96. The summed E-state index contributed by atoms with van der Waals surface area (Å²) in [6.07, 6.45) is 0.421. The molecule has 0 saturated carbocycles. The molecule has 1 aliphatic heterocycles. The first kappa shape index (κ1) is 12.6. The summed E-state index contributed by atoms with van der Waals surface area (Å²) in [5.74, 6) is -0.544. The molecule has 1 heterocycles. The van der Waals surface area contributed by atoms with Gasteiger partial charge in [-0.3, -0.25) is 4.79 Å². The minimum Gasteiger partial charge on any atom is -0.326 e. The summed E-state index contributed by atoms with van der Waals surface area (Å²) >= 11 is 3.30. The van der Waals surface area contributed by atoms with Gasteiger partial charge < -0.3 is 5.32 Å². The third-order valence-electron chi connectivity index (χ3n) is 2.71. The fourth-order valence-electron chi connectivity index (χ4n) is 1.78. The molecule has 0 unspecified atom stereocenters. The van der Waals surface area contributed by atoms with Gasteiger partial charge in [-0.05, 0) is 30.7 Å². The van der Waals surface area contributed by atoms with Crippen LogP contribution in [-0.2, 0) is 14.6 Å². The molecule has 4 nitrogen and oxygen atoms in total. The molecule has 2 rings (SSSR count). The predicted octanol–water partition coefficient (Wildman–Crippen LogP) is 1.82. The molecule has 1 aliphatic rings. The molecule has 1 aromatic rings. The number of hydrogen-bond acceptors (Lipinski definition) is 3. The zero-order valence-corrected chi connectivity index (χ0v) is 11.4. The van der Waals surface area contributed by atoms with Gasteiger partial charge >= 0.3 is 0 Å². The number of sulfone groups is 1. The van der Waals surface area contributed by atoms with Crippen molar-refractivity contribution in [2.45, 2.75) is 6.42 Å². The topological polar surface area (TPSA) is 63.2 Å². The number of amides is 1. The van der Waals surface area contributed by atoms with Gasteiger partial charge in [0, 0.05) is 10.2 Å². The summed E-state index contributed by atoms with van der Waals surface area (Å²) < 4.78 is 23.4. The van der Waals surface area contributed by atoms with Crippen molar-refractivity contribution in [3.8, 4) is 0 Å². The molecule has 1 atom stereocenters. The molecule has 1 fully saturated rings. The summed E-state index contributed by atoms with van der Waals surface area (Å²) in [4.78, 5) is 11.8.